The molecule has 1 N–H and O–H groups in total. The lowest BCUT2D eigenvalue weighted by Crippen LogP contribution is -2.41. The lowest BCUT2D eigenvalue weighted by molar-refractivity contribution is 0.193. The summed E-state index contributed by atoms with van der Waals surface area (Å²) in [7, 11) is 0. The number of nitrogens with one attached hydrogen (secondary N) is 1. The van der Waals surface area contributed by atoms with E-state index in [1.165, 1.54) is 0 Å². The molecule has 2 amide bonds. The lowest BCUT2D eigenvalue weighted by atomic mass is 10.1. The highest BCUT2D eigenvalue weighted by Crippen LogP contribution is 2.20. The van der Waals surface area contributed by atoms with E-state index < -0.39 is 0 Å². The number of pyridine rings is 1. The SMILES string of the molecule is CCc1ccccc1NC(=O)N1CCn2nnc(COc3cccnc3)c2C1. The first-order valence-electron chi connectivity index (χ1n) is 9.32. The summed E-state index contributed by atoms with van der Waals surface area (Å²) in [6, 6.07) is 11.4. The molecule has 0 radical (unpaired) electrons. The van der Waals surface area contributed by atoms with Crippen LogP contribution in [0, 0.1) is 0 Å². The molecule has 1 aromatic carbocycles. The second kappa shape index (κ2) is 8.08. The van der Waals surface area contributed by atoms with Crippen LogP contribution in [-0.2, 0) is 26.1 Å². The van der Waals surface area contributed by atoms with E-state index in [0.717, 1.165) is 29.1 Å². The van der Waals surface area contributed by atoms with Gasteiger partial charge in [0, 0.05) is 18.4 Å². The Balaban J connectivity index is 1.44. The smallest absolute Gasteiger partial charge is 0.322 e. The molecule has 8 heteroatoms. The first-order valence-corrected chi connectivity index (χ1v) is 9.32. The number of ether oxygens (including phenoxy) is 1. The van der Waals surface area contributed by atoms with Crippen LogP contribution in [0.3, 0.4) is 0 Å². The first-order chi connectivity index (χ1) is 13.7. The summed E-state index contributed by atoms with van der Waals surface area (Å²) >= 11 is 0. The van der Waals surface area contributed by atoms with Crippen molar-refractivity contribution in [3.63, 3.8) is 0 Å². The number of aromatic nitrogens is 4. The van der Waals surface area contributed by atoms with Crippen molar-refractivity contribution in [3.05, 3.63) is 65.7 Å². The summed E-state index contributed by atoms with van der Waals surface area (Å²) in [6.07, 6.45) is 4.21. The number of aryl methyl sites for hydroxylation is 1. The zero-order valence-electron chi connectivity index (χ0n) is 15.7. The molecule has 8 nitrogen and oxygen atoms in total. The third kappa shape index (κ3) is 3.80. The zero-order valence-corrected chi connectivity index (χ0v) is 15.7. The fraction of sp³-hybridized carbons (Fsp3) is 0.300. The Bertz CT molecular complexity index is 956. The summed E-state index contributed by atoms with van der Waals surface area (Å²) in [5, 5.41) is 11.4. The van der Waals surface area contributed by atoms with Gasteiger partial charge in [0.1, 0.15) is 18.1 Å². The number of nitrogens with zero attached hydrogens (tertiary/aromatic N) is 5. The van der Waals surface area contributed by atoms with E-state index in [-0.39, 0.29) is 12.6 Å². The Morgan fingerprint density at radius 2 is 2.11 bits per heavy atom. The number of benzene rings is 1. The second-order valence-electron chi connectivity index (χ2n) is 6.55. The van der Waals surface area contributed by atoms with Crippen molar-refractivity contribution in [2.45, 2.75) is 33.0 Å². The molecular formula is C20H22N6O2. The number of hydrogen-bond acceptors (Lipinski definition) is 5. The van der Waals surface area contributed by atoms with Gasteiger partial charge in [-0.1, -0.05) is 30.3 Å². The topological polar surface area (TPSA) is 85.2 Å². The number of anilines is 1. The van der Waals surface area contributed by atoms with Crippen LogP contribution in [0.15, 0.2) is 48.8 Å². The van der Waals surface area contributed by atoms with E-state index >= 15 is 0 Å². The maximum absolute atomic E-state index is 12.8. The lowest BCUT2D eigenvalue weighted by Gasteiger charge is -2.28. The van der Waals surface area contributed by atoms with Gasteiger partial charge in [-0.2, -0.15) is 0 Å². The van der Waals surface area contributed by atoms with Gasteiger partial charge in [0.05, 0.1) is 25.0 Å². The van der Waals surface area contributed by atoms with E-state index in [2.05, 4.69) is 27.5 Å². The summed E-state index contributed by atoms with van der Waals surface area (Å²) in [4.78, 5) is 18.6. The maximum atomic E-state index is 12.8. The zero-order chi connectivity index (χ0) is 19.3. The van der Waals surface area contributed by atoms with Crippen LogP contribution in [0.1, 0.15) is 23.9 Å². The fourth-order valence-corrected chi connectivity index (χ4v) is 3.21. The van der Waals surface area contributed by atoms with Gasteiger partial charge in [-0.3, -0.25) is 4.98 Å². The molecule has 1 aliphatic heterocycles. The number of carbonyl (C=O) groups excluding carboxylic acids is 1. The molecule has 0 bridgehead atoms. The van der Waals surface area contributed by atoms with Crippen molar-refractivity contribution >= 4 is 11.7 Å². The fourth-order valence-electron chi connectivity index (χ4n) is 3.21. The first kappa shape index (κ1) is 18.0. The summed E-state index contributed by atoms with van der Waals surface area (Å²) < 4.78 is 7.58. The summed E-state index contributed by atoms with van der Waals surface area (Å²) in [6.45, 7) is 4.00. The van der Waals surface area contributed by atoms with Crippen LogP contribution >= 0.6 is 0 Å². The van der Waals surface area contributed by atoms with Gasteiger partial charge in [-0.15, -0.1) is 5.10 Å². The molecular weight excluding hydrogens is 356 g/mol. The largest absolute Gasteiger partial charge is 0.486 e. The number of hydrogen-bond donors (Lipinski definition) is 1. The normalized spacial score (nSPS) is 13.1. The van der Waals surface area contributed by atoms with Gasteiger partial charge in [0.25, 0.3) is 0 Å². The van der Waals surface area contributed by atoms with E-state index in [1.54, 1.807) is 17.3 Å². The molecule has 0 fully saturated rings. The van der Waals surface area contributed by atoms with Crippen LogP contribution in [0.4, 0.5) is 10.5 Å². The highest BCUT2D eigenvalue weighted by Gasteiger charge is 2.25. The number of fused-ring (bicyclic) bond motifs is 1. The van der Waals surface area contributed by atoms with Crippen molar-refractivity contribution in [1.82, 2.24) is 24.9 Å². The van der Waals surface area contributed by atoms with E-state index in [0.29, 0.717) is 25.4 Å². The van der Waals surface area contributed by atoms with Crippen molar-refractivity contribution in [2.24, 2.45) is 0 Å². The molecule has 28 heavy (non-hydrogen) atoms. The maximum Gasteiger partial charge on any atom is 0.322 e. The molecule has 4 rings (SSSR count). The van der Waals surface area contributed by atoms with Crippen LogP contribution in [0.2, 0.25) is 0 Å². The molecule has 144 valence electrons. The predicted molar refractivity (Wildman–Crippen MR) is 104 cm³/mol. The van der Waals surface area contributed by atoms with Gasteiger partial charge in [-0.05, 0) is 30.2 Å². The standard InChI is InChI=1S/C20H22N6O2/c1-2-15-6-3-4-8-17(15)22-20(27)25-10-11-26-19(13-25)18(23-24-26)14-28-16-7-5-9-21-12-16/h3-9,12H,2,10-11,13-14H2,1H3,(H,22,27). The van der Waals surface area contributed by atoms with E-state index in [1.807, 2.05) is 41.1 Å². The van der Waals surface area contributed by atoms with E-state index in [4.69, 9.17) is 4.74 Å². The number of para-hydroxylation sites is 1. The highest BCUT2D eigenvalue weighted by molar-refractivity contribution is 5.90. The van der Waals surface area contributed by atoms with Crippen molar-refractivity contribution in [2.75, 3.05) is 11.9 Å². The second-order valence-corrected chi connectivity index (χ2v) is 6.55. The molecule has 0 atom stereocenters. The molecule has 0 spiro atoms. The molecule has 1 aliphatic rings. The average Bonchev–Trinajstić information content (AvgIpc) is 3.15. The van der Waals surface area contributed by atoms with Crippen LogP contribution < -0.4 is 10.1 Å². The van der Waals surface area contributed by atoms with Crippen LogP contribution in [0.25, 0.3) is 0 Å². The van der Waals surface area contributed by atoms with Gasteiger partial charge >= 0.3 is 6.03 Å². The molecule has 3 heterocycles. The Morgan fingerprint density at radius 3 is 2.93 bits per heavy atom. The predicted octanol–water partition coefficient (Wildman–Crippen LogP) is 2.86. The highest BCUT2D eigenvalue weighted by atomic mass is 16.5. The molecule has 0 unspecified atom stereocenters. The minimum Gasteiger partial charge on any atom is -0.486 e. The van der Waals surface area contributed by atoms with E-state index in [9.17, 15) is 4.79 Å². The molecule has 3 aromatic rings. The molecule has 0 aliphatic carbocycles. The number of carbonyl (C=O) groups is 1. The third-order valence-electron chi connectivity index (χ3n) is 4.78. The van der Waals surface area contributed by atoms with Gasteiger partial charge in [0.15, 0.2) is 0 Å². The minimum absolute atomic E-state index is 0.118. The number of rotatable bonds is 5. The van der Waals surface area contributed by atoms with Crippen molar-refractivity contribution < 1.29 is 9.53 Å². The summed E-state index contributed by atoms with van der Waals surface area (Å²) in [5.41, 5.74) is 3.60. The van der Waals surface area contributed by atoms with Crippen LogP contribution in [0.5, 0.6) is 5.75 Å². The quantitative estimate of drug-likeness (QED) is 0.738. The summed E-state index contributed by atoms with van der Waals surface area (Å²) in [5.74, 6) is 0.672. The molecule has 0 saturated carbocycles. The van der Waals surface area contributed by atoms with Gasteiger partial charge in [0.2, 0.25) is 0 Å². The van der Waals surface area contributed by atoms with Crippen molar-refractivity contribution in [1.29, 1.82) is 0 Å². The molecule has 0 saturated heterocycles. The van der Waals surface area contributed by atoms with Crippen LogP contribution in [-0.4, -0.2) is 37.5 Å². The van der Waals surface area contributed by atoms with Crippen molar-refractivity contribution in [3.8, 4) is 5.75 Å². The Labute approximate surface area is 163 Å². The van der Waals surface area contributed by atoms with Gasteiger partial charge in [-0.25, -0.2) is 9.48 Å². The Kier molecular flexibility index (Phi) is 5.18. The average molecular weight is 378 g/mol. The minimum atomic E-state index is -0.118. The third-order valence-corrected chi connectivity index (χ3v) is 4.78. The number of urea groups is 1. The monoisotopic (exact) mass is 378 g/mol. The number of amides is 2. The molecule has 2 aromatic heterocycles. The van der Waals surface area contributed by atoms with Gasteiger partial charge < -0.3 is 15.0 Å². The Hall–Kier alpha value is -3.42. The Morgan fingerprint density at radius 1 is 1.21 bits per heavy atom.